The summed E-state index contributed by atoms with van der Waals surface area (Å²) >= 11 is 7.57. The number of carbonyl (C=O) groups excluding carboxylic acids is 1. The van der Waals surface area contributed by atoms with E-state index in [4.69, 9.17) is 11.6 Å². The third kappa shape index (κ3) is 3.25. The van der Waals surface area contributed by atoms with E-state index in [0.29, 0.717) is 15.5 Å². The third-order valence-corrected chi connectivity index (χ3v) is 4.92. The van der Waals surface area contributed by atoms with Crippen molar-refractivity contribution in [2.75, 3.05) is 0 Å². The van der Waals surface area contributed by atoms with Crippen LogP contribution in [0.5, 0.6) is 0 Å². The molecule has 1 N–H and O–H groups in total. The Labute approximate surface area is 141 Å². The van der Waals surface area contributed by atoms with E-state index in [1.54, 1.807) is 18.2 Å². The molecule has 2 aromatic carbocycles. The Hall–Kier alpha value is -2.24. The summed E-state index contributed by atoms with van der Waals surface area (Å²) in [5, 5.41) is 5.04. The fraction of sp³-hybridized carbons (Fsp3) is 0.0588. The van der Waals surface area contributed by atoms with Crippen molar-refractivity contribution < 1.29 is 9.18 Å². The monoisotopic (exact) mass is 346 g/mol. The molecule has 0 atom stereocenters. The summed E-state index contributed by atoms with van der Waals surface area (Å²) in [5.41, 5.74) is 3.78. The van der Waals surface area contributed by atoms with Crippen molar-refractivity contribution in [2.45, 2.75) is 6.92 Å². The highest BCUT2D eigenvalue weighted by Gasteiger charge is 2.16. The standard InChI is InChI=1S/C17H12ClFN2OS/c1-10-6-7-12-14(8-10)23-16(15(12)18)17(22)21-20-9-11-4-2-3-5-13(11)19/h2-9H,1H3,(H,21,22)/b20-9+. The van der Waals surface area contributed by atoms with Gasteiger partial charge in [-0.2, -0.15) is 5.10 Å². The summed E-state index contributed by atoms with van der Waals surface area (Å²) in [6.45, 7) is 1.98. The molecule has 23 heavy (non-hydrogen) atoms. The van der Waals surface area contributed by atoms with Crippen LogP contribution in [0.15, 0.2) is 47.6 Å². The number of amides is 1. The minimum atomic E-state index is -0.415. The molecule has 0 saturated heterocycles. The second-order valence-electron chi connectivity index (χ2n) is 4.97. The van der Waals surface area contributed by atoms with Gasteiger partial charge in [0.25, 0.3) is 5.91 Å². The van der Waals surface area contributed by atoms with Crippen LogP contribution in [-0.2, 0) is 0 Å². The summed E-state index contributed by atoms with van der Waals surface area (Å²) < 4.78 is 14.4. The van der Waals surface area contributed by atoms with Crippen molar-refractivity contribution in [1.82, 2.24) is 5.43 Å². The van der Waals surface area contributed by atoms with E-state index >= 15 is 0 Å². The molecule has 0 bridgehead atoms. The van der Waals surface area contributed by atoms with Crippen molar-refractivity contribution >= 4 is 45.1 Å². The van der Waals surface area contributed by atoms with Crippen LogP contribution in [0.4, 0.5) is 4.39 Å². The highest BCUT2D eigenvalue weighted by Crippen LogP contribution is 2.35. The fourth-order valence-electron chi connectivity index (χ4n) is 2.11. The highest BCUT2D eigenvalue weighted by atomic mass is 35.5. The predicted molar refractivity (Wildman–Crippen MR) is 93.0 cm³/mol. The Morgan fingerprint density at radius 1 is 1.30 bits per heavy atom. The first-order valence-electron chi connectivity index (χ1n) is 6.83. The quantitative estimate of drug-likeness (QED) is 0.539. The van der Waals surface area contributed by atoms with E-state index in [1.165, 1.54) is 23.6 Å². The van der Waals surface area contributed by atoms with Crippen LogP contribution in [-0.4, -0.2) is 12.1 Å². The Bertz CT molecular complexity index is 920. The van der Waals surface area contributed by atoms with Crippen LogP contribution < -0.4 is 5.43 Å². The normalized spacial score (nSPS) is 11.3. The lowest BCUT2D eigenvalue weighted by Gasteiger charge is -1.98. The number of aryl methyl sites for hydroxylation is 1. The van der Waals surface area contributed by atoms with Crippen LogP contribution >= 0.6 is 22.9 Å². The highest BCUT2D eigenvalue weighted by molar-refractivity contribution is 7.21. The topological polar surface area (TPSA) is 41.5 Å². The van der Waals surface area contributed by atoms with Crippen molar-refractivity contribution in [3.05, 3.63) is 69.3 Å². The number of hydrazone groups is 1. The number of nitrogens with one attached hydrogen (secondary N) is 1. The zero-order valence-corrected chi connectivity index (χ0v) is 13.7. The number of carbonyl (C=O) groups is 1. The van der Waals surface area contributed by atoms with Crippen molar-refractivity contribution in [1.29, 1.82) is 0 Å². The number of thiophene rings is 1. The first-order valence-corrected chi connectivity index (χ1v) is 8.02. The molecular formula is C17H12ClFN2OS. The molecule has 3 nitrogen and oxygen atoms in total. The first kappa shape index (κ1) is 15.6. The molecule has 0 aliphatic heterocycles. The van der Waals surface area contributed by atoms with Crippen LogP contribution in [0, 0.1) is 12.7 Å². The SMILES string of the molecule is Cc1ccc2c(Cl)c(C(=O)N/N=C/c3ccccc3F)sc2c1. The molecule has 1 aromatic heterocycles. The van der Waals surface area contributed by atoms with Crippen LogP contribution in [0.1, 0.15) is 20.8 Å². The van der Waals surface area contributed by atoms with E-state index < -0.39 is 11.7 Å². The van der Waals surface area contributed by atoms with E-state index in [0.717, 1.165) is 15.6 Å². The van der Waals surface area contributed by atoms with Gasteiger partial charge < -0.3 is 0 Å². The maximum absolute atomic E-state index is 13.5. The van der Waals surface area contributed by atoms with Gasteiger partial charge >= 0.3 is 0 Å². The Morgan fingerprint density at radius 3 is 2.87 bits per heavy atom. The molecule has 0 saturated carbocycles. The van der Waals surface area contributed by atoms with E-state index in [1.807, 2.05) is 25.1 Å². The average molecular weight is 347 g/mol. The Kier molecular flexibility index (Phi) is 4.41. The molecule has 0 aliphatic carbocycles. The number of halogens is 2. The van der Waals surface area contributed by atoms with Gasteiger partial charge in [0.1, 0.15) is 10.7 Å². The van der Waals surface area contributed by atoms with E-state index in [-0.39, 0.29) is 0 Å². The number of fused-ring (bicyclic) bond motifs is 1. The zero-order valence-electron chi connectivity index (χ0n) is 12.1. The molecule has 3 rings (SSSR count). The predicted octanol–water partition coefficient (Wildman–Crippen LogP) is 4.77. The molecular weight excluding hydrogens is 335 g/mol. The summed E-state index contributed by atoms with van der Waals surface area (Å²) in [7, 11) is 0. The number of nitrogens with zero attached hydrogens (tertiary/aromatic N) is 1. The second kappa shape index (κ2) is 6.48. The van der Waals surface area contributed by atoms with Gasteiger partial charge in [0, 0.05) is 15.6 Å². The van der Waals surface area contributed by atoms with Crippen LogP contribution in [0.3, 0.4) is 0 Å². The molecule has 1 amide bonds. The first-order chi connectivity index (χ1) is 11.1. The number of hydrogen-bond acceptors (Lipinski definition) is 3. The molecule has 0 radical (unpaired) electrons. The van der Waals surface area contributed by atoms with Gasteiger partial charge in [0.05, 0.1) is 11.2 Å². The molecule has 0 spiro atoms. The van der Waals surface area contributed by atoms with Crippen LogP contribution in [0.25, 0.3) is 10.1 Å². The molecule has 1 heterocycles. The lowest BCUT2D eigenvalue weighted by molar-refractivity contribution is 0.0959. The van der Waals surface area contributed by atoms with Crippen molar-refractivity contribution in [3.8, 4) is 0 Å². The molecule has 3 aromatic rings. The Morgan fingerprint density at radius 2 is 2.09 bits per heavy atom. The summed E-state index contributed by atoms with van der Waals surface area (Å²) in [6.07, 6.45) is 1.26. The van der Waals surface area contributed by atoms with Gasteiger partial charge in [-0.05, 0) is 24.6 Å². The lowest BCUT2D eigenvalue weighted by Crippen LogP contribution is -2.16. The molecule has 6 heteroatoms. The molecule has 0 unspecified atom stereocenters. The van der Waals surface area contributed by atoms with Gasteiger partial charge in [-0.1, -0.05) is 41.9 Å². The van der Waals surface area contributed by atoms with Gasteiger partial charge in [-0.3, -0.25) is 4.79 Å². The minimum absolute atomic E-state index is 0.297. The lowest BCUT2D eigenvalue weighted by atomic mass is 10.2. The second-order valence-corrected chi connectivity index (χ2v) is 6.40. The van der Waals surface area contributed by atoms with Gasteiger partial charge in [-0.25, -0.2) is 9.82 Å². The van der Waals surface area contributed by atoms with E-state index in [2.05, 4.69) is 10.5 Å². The molecule has 0 aliphatic rings. The minimum Gasteiger partial charge on any atom is -0.266 e. The van der Waals surface area contributed by atoms with E-state index in [9.17, 15) is 9.18 Å². The fourth-order valence-corrected chi connectivity index (χ4v) is 3.61. The van der Waals surface area contributed by atoms with Gasteiger partial charge in [0.2, 0.25) is 0 Å². The average Bonchev–Trinajstić information content (AvgIpc) is 2.85. The summed E-state index contributed by atoms with van der Waals surface area (Å²) in [4.78, 5) is 12.6. The number of rotatable bonds is 3. The summed E-state index contributed by atoms with van der Waals surface area (Å²) in [5.74, 6) is -0.817. The maximum atomic E-state index is 13.5. The molecule has 0 fully saturated rings. The number of hydrogen-bond donors (Lipinski definition) is 1. The zero-order chi connectivity index (χ0) is 16.4. The van der Waals surface area contributed by atoms with Crippen molar-refractivity contribution in [3.63, 3.8) is 0 Å². The number of benzene rings is 2. The Balaban J connectivity index is 1.81. The van der Waals surface area contributed by atoms with Crippen LogP contribution in [0.2, 0.25) is 5.02 Å². The van der Waals surface area contributed by atoms with Gasteiger partial charge in [-0.15, -0.1) is 11.3 Å². The summed E-state index contributed by atoms with van der Waals surface area (Å²) in [6, 6.07) is 12.0. The van der Waals surface area contributed by atoms with Crippen molar-refractivity contribution in [2.24, 2.45) is 5.10 Å². The maximum Gasteiger partial charge on any atom is 0.283 e. The van der Waals surface area contributed by atoms with Gasteiger partial charge in [0.15, 0.2) is 0 Å². The largest absolute Gasteiger partial charge is 0.283 e. The smallest absolute Gasteiger partial charge is 0.266 e. The molecule has 116 valence electrons. The third-order valence-electron chi connectivity index (χ3n) is 3.27.